The smallest absolute Gasteiger partial charge is 0.194 e. The van der Waals surface area contributed by atoms with Crippen molar-refractivity contribution in [3.05, 3.63) is 53.9 Å². The third kappa shape index (κ3) is 5.82. The van der Waals surface area contributed by atoms with Gasteiger partial charge < -0.3 is 14.7 Å². The molecule has 3 rings (SSSR count). The van der Waals surface area contributed by atoms with Crippen molar-refractivity contribution in [2.24, 2.45) is 4.99 Å². The Balaban J connectivity index is 1.48. The van der Waals surface area contributed by atoms with Gasteiger partial charge in [-0.15, -0.1) is 0 Å². The van der Waals surface area contributed by atoms with E-state index in [4.69, 9.17) is 9.52 Å². The van der Waals surface area contributed by atoms with Gasteiger partial charge in [0.05, 0.1) is 5.69 Å². The van der Waals surface area contributed by atoms with Crippen LogP contribution >= 0.6 is 0 Å². The van der Waals surface area contributed by atoms with Crippen LogP contribution in [0.2, 0.25) is 0 Å². The number of hydrogen-bond acceptors (Lipinski definition) is 4. The average Bonchev–Trinajstić information content (AvgIpc) is 3.21. The second kappa shape index (κ2) is 10.1. The highest BCUT2D eigenvalue weighted by atomic mass is 16.5. The molecule has 0 aliphatic carbocycles. The van der Waals surface area contributed by atoms with Gasteiger partial charge in [-0.05, 0) is 24.8 Å². The molecule has 2 heterocycles. The minimum Gasteiger partial charge on any atom is -0.364 e. The minimum atomic E-state index is 0.525. The van der Waals surface area contributed by atoms with Crippen LogP contribution in [-0.2, 0) is 6.54 Å². The molecule has 0 amide bonds. The third-order valence-corrected chi connectivity index (χ3v) is 5.08. The van der Waals surface area contributed by atoms with Gasteiger partial charge in [-0.3, -0.25) is 9.89 Å². The topological polar surface area (TPSA) is 56.9 Å². The van der Waals surface area contributed by atoms with Crippen molar-refractivity contribution in [3.8, 4) is 0 Å². The van der Waals surface area contributed by atoms with Crippen LogP contribution in [0.25, 0.3) is 0 Å². The molecule has 0 spiro atoms. The molecule has 1 atom stereocenters. The number of aliphatic imine (C=N–C) groups is 1. The lowest BCUT2D eigenvalue weighted by Crippen LogP contribution is -2.52. The number of benzene rings is 1. The van der Waals surface area contributed by atoms with Gasteiger partial charge in [-0.2, -0.15) is 0 Å². The number of nitrogens with one attached hydrogen (secondary N) is 1. The van der Waals surface area contributed by atoms with Crippen molar-refractivity contribution >= 4 is 5.96 Å². The first kappa shape index (κ1) is 19.4. The summed E-state index contributed by atoms with van der Waals surface area (Å²) in [6.07, 6.45) is 2.70. The summed E-state index contributed by atoms with van der Waals surface area (Å²) < 4.78 is 4.93. The van der Waals surface area contributed by atoms with Crippen molar-refractivity contribution < 1.29 is 4.52 Å². The van der Waals surface area contributed by atoms with Crippen LogP contribution in [0, 0.1) is 0 Å². The summed E-state index contributed by atoms with van der Waals surface area (Å²) in [5.74, 6) is 1.57. The first-order chi connectivity index (χ1) is 13.3. The highest BCUT2D eigenvalue weighted by Crippen LogP contribution is 2.18. The van der Waals surface area contributed by atoms with Crippen LogP contribution in [0.15, 0.2) is 52.2 Å². The van der Waals surface area contributed by atoms with Gasteiger partial charge in [0.2, 0.25) is 0 Å². The predicted molar refractivity (Wildman–Crippen MR) is 109 cm³/mol. The maximum Gasteiger partial charge on any atom is 0.194 e. The largest absolute Gasteiger partial charge is 0.364 e. The van der Waals surface area contributed by atoms with E-state index in [1.54, 1.807) is 6.26 Å². The van der Waals surface area contributed by atoms with Gasteiger partial charge in [0.25, 0.3) is 0 Å². The number of hydrogen-bond donors (Lipinski definition) is 1. The summed E-state index contributed by atoms with van der Waals surface area (Å²) in [5.41, 5.74) is 2.39. The number of nitrogens with zero attached hydrogens (tertiary/aromatic N) is 4. The Morgan fingerprint density at radius 2 is 1.96 bits per heavy atom. The Hall–Kier alpha value is -2.34. The van der Waals surface area contributed by atoms with Crippen molar-refractivity contribution in [2.75, 3.05) is 39.3 Å². The zero-order chi connectivity index (χ0) is 18.9. The van der Waals surface area contributed by atoms with E-state index >= 15 is 0 Å². The number of aromatic nitrogens is 1. The lowest BCUT2D eigenvalue weighted by atomic mass is 9.98. The van der Waals surface area contributed by atoms with Crippen LogP contribution in [0.5, 0.6) is 0 Å². The molecule has 6 nitrogen and oxygen atoms in total. The van der Waals surface area contributed by atoms with Gasteiger partial charge in [0, 0.05) is 51.9 Å². The number of guanidine groups is 1. The third-order valence-electron chi connectivity index (χ3n) is 5.08. The first-order valence-corrected chi connectivity index (χ1v) is 9.96. The van der Waals surface area contributed by atoms with Gasteiger partial charge >= 0.3 is 0 Å². The minimum absolute atomic E-state index is 0.525. The fourth-order valence-electron chi connectivity index (χ4n) is 3.40. The monoisotopic (exact) mass is 369 g/mol. The highest BCUT2D eigenvalue weighted by molar-refractivity contribution is 5.80. The lowest BCUT2D eigenvalue weighted by molar-refractivity contribution is 0.169. The van der Waals surface area contributed by atoms with E-state index in [0.29, 0.717) is 5.92 Å². The number of rotatable bonds is 7. The molecule has 1 N–H and O–H groups in total. The lowest BCUT2D eigenvalue weighted by Gasteiger charge is -2.36. The van der Waals surface area contributed by atoms with E-state index in [0.717, 1.165) is 63.9 Å². The number of piperazine rings is 1. The fraction of sp³-hybridized carbons (Fsp3) is 0.524. The second-order valence-electron chi connectivity index (χ2n) is 7.09. The molecule has 1 saturated heterocycles. The summed E-state index contributed by atoms with van der Waals surface area (Å²) in [7, 11) is 0. The molecule has 0 radical (unpaired) electrons. The molecule has 0 saturated carbocycles. The molecule has 0 bridgehead atoms. The van der Waals surface area contributed by atoms with Crippen LogP contribution in [0.1, 0.15) is 37.4 Å². The molecular weight excluding hydrogens is 338 g/mol. The van der Waals surface area contributed by atoms with Crippen LogP contribution < -0.4 is 5.32 Å². The summed E-state index contributed by atoms with van der Waals surface area (Å²) in [4.78, 5) is 9.67. The SMILES string of the molecule is CCNC(=NCCC(C)c1ccccc1)N1CCN(Cc2ccon2)CC1. The molecule has 1 aliphatic rings. The molecule has 2 aromatic rings. The first-order valence-electron chi connectivity index (χ1n) is 9.96. The summed E-state index contributed by atoms with van der Waals surface area (Å²) in [6.45, 7) is 11.0. The van der Waals surface area contributed by atoms with Crippen LogP contribution in [0.3, 0.4) is 0 Å². The van der Waals surface area contributed by atoms with E-state index in [9.17, 15) is 0 Å². The summed E-state index contributed by atoms with van der Waals surface area (Å²) in [6, 6.07) is 12.6. The van der Waals surface area contributed by atoms with Crippen LogP contribution in [-0.4, -0.2) is 60.2 Å². The molecule has 1 aromatic heterocycles. The molecule has 1 aromatic carbocycles. The second-order valence-corrected chi connectivity index (χ2v) is 7.09. The molecule has 27 heavy (non-hydrogen) atoms. The Labute approximate surface area is 162 Å². The molecule has 1 aliphatic heterocycles. The maximum atomic E-state index is 4.93. The van der Waals surface area contributed by atoms with Gasteiger partial charge in [-0.1, -0.05) is 42.4 Å². The molecule has 146 valence electrons. The van der Waals surface area contributed by atoms with E-state index in [1.165, 1.54) is 5.56 Å². The van der Waals surface area contributed by atoms with Crippen molar-refractivity contribution in [1.82, 2.24) is 20.3 Å². The maximum absolute atomic E-state index is 4.93. The Bertz CT molecular complexity index is 678. The van der Waals surface area contributed by atoms with Crippen molar-refractivity contribution in [3.63, 3.8) is 0 Å². The van der Waals surface area contributed by atoms with Crippen molar-refractivity contribution in [1.29, 1.82) is 0 Å². The highest BCUT2D eigenvalue weighted by Gasteiger charge is 2.20. The fourth-order valence-corrected chi connectivity index (χ4v) is 3.40. The zero-order valence-corrected chi connectivity index (χ0v) is 16.5. The van der Waals surface area contributed by atoms with E-state index in [2.05, 4.69) is 64.5 Å². The van der Waals surface area contributed by atoms with Crippen molar-refractivity contribution in [2.45, 2.75) is 32.7 Å². The Morgan fingerprint density at radius 1 is 1.19 bits per heavy atom. The van der Waals surface area contributed by atoms with E-state index < -0.39 is 0 Å². The molecular formula is C21H31N5O. The normalized spacial score (nSPS) is 17.1. The summed E-state index contributed by atoms with van der Waals surface area (Å²) in [5, 5.41) is 7.47. The van der Waals surface area contributed by atoms with E-state index in [1.807, 2.05) is 6.07 Å². The van der Waals surface area contributed by atoms with Crippen LogP contribution in [0.4, 0.5) is 0 Å². The van der Waals surface area contributed by atoms with Gasteiger partial charge in [0.1, 0.15) is 6.26 Å². The standard InChI is InChI=1S/C21H31N5O/c1-3-22-21(23-11-9-18(2)19-7-5-4-6-8-19)26-14-12-25(13-15-26)17-20-10-16-27-24-20/h4-8,10,16,18H,3,9,11-15,17H2,1-2H3,(H,22,23). The molecule has 6 heteroatoms. The Morgan fingerprint density at radius 3 is 2.63 bits per heavy atom. The predicted octanol–water partition coefficient (Wildman–Crippen LogP) is 2.95. The quantitative estimate of drug-likeness (QED) is 0.601. The zero-order valence-electron chi connectivity index (χ0n) is 16.5. The average molecular weight is 370 g/mol. The van der Waals surface area contributed by atoms with E-state index in [-0.39, 0.29) is 0 Å². The van der Waals surface area contributed by atoms with Gasteiger partial charge in [0.15, 0.2) is 5.96 Å². The van der Waals surface area contributed by atoms with Gasteiger partial charge in [-0.25, -0.2) is 0 Å². The molecule has 1 unspecified atom stereocenters. The Kier molecular flexibility index (Phi) is 7.27. The summed E-state index contributed by atoms with van der Waals surface area (Å²) >= 11 is 0. The molecule has 1 fully saturated rings.